The Kier molecular flexibility index (Phi) is 7.07. The molecule has 1 fully saturated rings. The van der Waals surface area contributed by atoms with E-state index < -0.39 is 0 Å². The molecule has 2 aromatic heterocycles. The first-order valence-corrected chi connectivity index (χ1v) is 9.58. The van der Waals surface area contributed by atoms with Gasteiger partial charge in [-0.1, -0.05) is 29.8 Å². The molecule has 0 aliphatic carbocycles. The number of guanidine groups is 1. The zero-order valence-electron chi connectivity index (χ0n) is 17.0. The van der Waals surface area contributed by atoms with Crippen molar-refractivity contribution in [1.82, 2.24) is 24.8 Å². The highest BCUT2D eigenvalue weighted by Crippen LogP contribution is 2.25. The Hall–Kier alpha value is -2.20. The number of morpholine rings is 1. The lowest BCUT2D eigenvalue weighted by Gasteiger charge is -2.35. The van der Waals surface area contributed by atoms with Crippen molar-refractivity contribution in [3.63, 3.8) is 0 Å². The van der Waals surface area contributed by atoms with Crippen LogP contribution in [0.15, 0.2) is 47.6 Å². The Labute approximate surface area is 188 Å². The highest BCUT2D eigenvalue weighted by Gasteiger charge is 2.25. The topological polar surface area (TPSA) is 67.0 Å². The summed E-state index contributed by atoms with van der Waals surface area (Å²) in [6, 6.07) is 12.4. The van der Waals surface area contributed by atoms with E-state index in [-0.39, 0.29) is 30.1 Å². The number of ether oxygens (including phenoxy) is 1. The maximum Gasteiger partial charge on any atom is 0.194 e. The van der Waals surface area contributed by atoms with Crippen LogP contribution in [0.25, 0.3) is 5.65 Å². The molecule has 0 radical (unpaired) electrons. The van der Waals surface area contributed by atoms with Gasteiger partial charge in [0.2, 0.25) is 0 Å². The molecule has 4 rings (SSSR count). The summed E-state index contributed by atoms with van der Waals surface area (Å²) >= 11 is 0. The fourth-order valence-corrected chi connectivity index (χ4v) is 3.72. The molecule has 1 aliphatic rings. The Morgan fingerprint density at radius 2 is 2.10 bits per heavy atom. The standard InChI is InChI=1S/C21H26N6O.HI/c1-15-7-8-17(16(2)12-15)18-14-26(10-11-28-18)21(22-3)23-13-20-25-24-19-6-4-5-9-27(19)20;/h4-9,12,18H,10-11,13-14H2,1-3H3,(H,22,23);1H. The molecule has 0 amide bonds. The van der Waals surface area contributed by atoms with Crippen LogP contribution in [0.3, 0.4) is 0 Å². The Balaban J connectivity index is 0.00000240. The molecule has 8 heteroatoms. The van der Waals surface area contributed by atoms with Gasteiger partial charge in [-0.2, -0.15) is 0 Å². The van der Waals surface area contributed by atoms with Crippen molar-refractivity contribution in [3.05, 3.63) is 65.1 Å². The molecule has 3 aromatic rings. The van der Waals surface area contributed by atoms with E-state index in [0.717, 1.165) is 30.5 Å². The number of hydrogen-bond acceptors (Lipinski definition) is 4. The number of fused-ring (bicyclic) bond motifs is 1. The number of aliphatic imine (C=N–C) groups is 1. The fraction of sp³-hybridized carbons (Fsp3) is 0.381. The Bertz CT molecular complexity index is 1000. The van der Waals surface area contributed by atoms with Crippen LogP contribution in [0.2, 0.25) is 0 Å². The van der Waals surface area contributed by atoms with Gasteiger partial charge in [-0.15, -0.1) is 34.2 Å². The monoisotopic (exact) mass is 506 g/mol. The number of pyridine rings is 1. The lowest BCUT2D eigenvalue weighted by molar-refractivity contribution is -0.00835. The molecule has 3 heterocycles. The van der Waals surface area contributed by atoms with E-state index in [0.29, 0.717) is 13.2 Å². The van der Waals surface area contributed by atoms with Crippen LogP contribution < -0.4 is 5.32 Å². The normalized spacial score (nSPS) is 17.3. The van der Waals surface area contributed by atoms with Crippen LogP contribution in [-0.2, 0) is 11.3 Å². The number of aryl methyl sites for hydroxylation is 2. The van der Waals surface area contributed by atoms with Crippen molar-refractivity contribution in [2.75, 3.05) is 26.7 Å². The lowest BCUT2D eigenvalue weighted by Crippen LogP contribution is -2.48. The van der Waals surface area contributed by atoms with Crippen molar-refractivity contribution >= 4 is 35.6 Å². The molecule has 1 aromatic carbocycles. The smallest absolute Gasteiger partial charge is 0.194 e. The zero-order chi connectivity index (χ0) is 19.5. The molecule has 29 heavy (non-hydrogen) atoms. The van der Waals surface area contributed by atoms with E-state index in [1.54, 1.807) is 0 Å². The van der Waals surface area contributed by atoms with E-state index in [9.17, 15) is 0 Å². The third kappa shape index (κ3) is 4.69. The Morgan fingerprint density at radius 1 is 1.24 bits per heavy atom. The predicted octanol–water partition coefficient (Wildman–Crippen LogP) is 3.11. The molecule has 0 spiro atoms. The van der Waals surface area contributed by atoms with E-state index >= 15 is 0 Å². The SMILES string of the molecule is CN=C(NCc1nnc2ccccn12)N1CCOC(c2ccc(C)cc2C)C1.I. The van der Waals surface area contributed by atoms with Crippen molar-refractivity contribution in [1.29, 1.82) is 0 Å². The molecule has 1 saturated heterocycles. The number of halogens is 1. The average Bonchev–Trinajstić information content (AvgIpc) is 3.12. The average molecular weight is 506 g/mol. The van der Waals surface area contributed by atoms with Gasteiger partial charge in [-0.25, -0.2) is 0 Å². The van der Waals surface area contributed by atoms with Crippen molar-refractivity contribution in [3.8, 4) is 0 Å². The minimum Gasteiger partial charge on any atom is -0.370 e. The lowest BCUT2D eigenvalue weighted by atomic mass is 10.00. The van der Waals surface area contributed by atoms with Gasteiger partial charge in [0.15, 0.2) is 17.4 Å². The van der Waals surface area contributed by atoms with Gasteiger partial charge >= 0.3 is 0 Å². The summed E-state index contributed by atoms with van der Waals surface area (Å²) in [5.74, 6) is 1.71. The summed E-state index contributed by atoms with van der Waals surface area (Å²) < 4.78 is 8.05. The second-order valence-electron chi connectivity index (χ2n) is 7.11. The van der Waals surface area contributed by atoms with Gasteiger partial charge in [0.1, 0.15) is 6.10 Å². The van der Waals surface area contributed by atoms with Gasteiger partial charge in [-0.05, 0) is 37.1 Å². The quantitative estimate of drug-likeness (QED) is 0.336. The van der Waals surface area contributed by atoms with Gasteiger partial charge < -0.3 is 15.0 Å². The molecule has 1 aliphatic heterocycles. The van der Waals surface area contributed by atoms with Crippen molar-refractivity contribution in [2.24, 2.45) is 4.99 Å². The summed E-state index contributed by atoms with van der Waals surface area (Å²) in [7, 11) is 1.81. The summed E-state index contributed by atoms with van der Waals surface area (Å²) in [5, 5.41) is 11.9. The first-order chi connectivity index (χ1) is 13.7. The van der Waals surface area contributed by atoms with Crippen molar-refractivity contribution < 1.29 is 4.74 Å². The molecule has 1 unspecified atom stereocenters. The minimum atomic E-state index is 0. The maximum atomic E-state index is 6.07. The molecule has 154 valence electrons. The van der Waals surface area contributed by atoms with Crippen LogP contribution in [0.4, 0.5) is 0 Å². The van der Waals surface area contributed by atoms with E-state index in [1.807, 2.05) is 35.8 Å². The van der Waals surface area contributed by atoms with Crippen LogP contribution in [0, 0.1) is 13.8 Å². The number of nitrogens with one attached hydrogen (secondary N) is 1. The molecule has 1 atom stereocenters. The summed E-state index contributed by atoms with van der Waals surface area (Å²) in [5.41, 5.74) is 4.63. The number of rotatable bonds is 3. The molecular formula is C21H27IN6O. The predicted molar refractivity (Wildman–Crippen MR) is 125 cm³/mol. The number of nitrogens with zero attached hydrogens (tertiary/aromatic N) is 5. The molecular weight excluding hydrogens is 479 g/mol. The zero-order valence-corrected chi connectivity index (χ0v) is 19.3. The highest BCUT2D eigenvalue weighted by atomic mass is 127. The molecule has 7 nitrogen and oxygen atoms in total. The number of hydrogen-bond donors (Lipinski definition) is 1. The van der Waals surface area contributed by atoms with Crippen LogP contribution in [-0.4, -0.2) is 52.2 Å². The van der Waals surface area contributed by atoms with Gasteiger partial charge in [-0.3, -0.25) is 9.39 Å². The third-order valence-electron chi connectivity index (χ3n) is 5.14. The van der Waals surface area contributed by atoms with Gasteiger partial charge in [0.05, 0.1) is 19.7 Å². The van der Waals surface area contributed by atoms with E-state index in [4.69, 9.17) is 4.74 Å². The summed E-state index contributed by atoms with van der Waals surface area (Å²) in [4.78, 5) is 6.72. The second kappa shape index (κ2) is 9.53. The van der Waals surface area contributed by atoms with E-state index in [2.05, 4.69) is 57.5 Å². The summed E-state index contributed by atoms with van der Waals surface area (Å²) in [6.45, 7) is 7.07. The van der Waals surface area contributed by atoms with Crippen LogP contribution in [0.1, 0.15) is 28.6 Å². The number of aromatic nitrogens is 3. The first-order valence-electron chi connectivity index (χ1n) is 9.58. The number of benzene rings is 1. The van der Waals surface area contributed by atoms with Gasteiger partial charge in [0, 0.05) is 19.8 Å². The fourth-order valence-electron chi connectivity index (χ4n) is 3.72. The molecule has 1 N–H and O–H groups in total. The first kappa shape index (κ1) is 21.5. The third-order valence-corrected chi connectivity index (χ3v) is 5.14. The molecule has 0 saturated carbocycles. The minimum absolute atomic E-state index is 0. The van der Waals surface area contributed by atoms with Crippen molar-refractivity contribution in [2.45, 2.75) is 26.5 Å². The largest absolute Gasteiger partial charge is 0.370 e. The van der Waals surface area contributed by atoms with E-state index in [1.165, 1.54) is 16.7 Å². The van der Waals surface area contributed by atoms with Crippen LogP contribution in [0.5, 0.6) is 0 Å². The Morgan fingerprint density at radius 3 is 2.90 bits per heavy atom. The molecule has 0 bridgehead atoms. The highest BCUT2D eigenvalue weighted by molar-refractivity contribution is 14.0. The maximum absolute atomic E-state index is 6.07. The summed E-state index contributed by atoms with van der Waals surface area (Å²) in [6.07, 6.45) is 2.02. The van der Waals surface area contributed by atoms with Crippen LogP contribution >= 0.6 is 24.0 Å². The van der Waals surface area contributed by atoms with Gasteiger partial charge in [0.25, 0.3) is 0 Å². The second-order valence-corrected chi connectivity index (χ2v) is 7.11.